The summed E-state index contributed by atoms with van der Waals surface area (Å²) in [6.07, 6.45) is 0. The molecular formula is C15H18N2OS. The van der Waals surface area contributed by atoms with Crippen molar-refractivity contribution in [2.45, 2.75) is 25.9 Å². The molecule has 100 valence electrons. The molecule has 4 heteroatoms. The van der Waals surface area contributed by atoms with Gasteiger partial charge in [0.05, 0.1) is 6.04 Å². The molecule has 1 aromatic heterocycles. The van der Waals surface area contributed by atoms with Crippen molar-refractivity contribution in [2.75, 3.05) is 0 Å². The second kappa shape index (κ2) is 5.99. The fraction of sp³-hybridized carbons (Fsp3) is 0.267. The van der Waals surface area contributed by atoms with Crippen LogP contribution in [0.4, 0.5) is 0 Å². The molecule has 0 saturated heterocycles. The van der Waals surface area contributed by atoms with Gasteiger partial charge in [-0.25, -0.2) is 0 Å². The summed E-state index contributed by atoms with van der Waals surface area (Å²) in [7, 11) is 0. The lowest BCUT2D eigenvalue weighted by atomic mass is 10.1. The van der Waals surface area contributed by atoms with Crippen molar-refractivity contribution in [3.63, 3.8) is 0 Å². The molecule has 2 atom stereocenters. The molecule has 2 unspecified atom stereocenters. The monoisotopic (exact) mass is 274 g/mol. The van der Waals surface area contributed by atoms with E-state index in [-0.39, 0.29) is 11.9 Å². The zero-order chi connectivity index (χ0) is 13.8. The minimum absolute atomic E-state index is 0.0130. The van der Waals surface area contributed by atoms with Gasteiger partial charge in [0.15, 0.2) is 0 Å². The highest BCUT2D eigenvalue weighted by Gasteiger charge is 2.18. The Kier molecular flexibility index (Phi) is 4.35. The molecule has 1 aromatic carbocycles. The molecule has 2 aromatic rings. The van der Waals surface area contributed by atoms with Crippen molar-refractivity contribution >= 4 is 17.2 Å². The van der Waals surface area contributed by atoms with Gasteiger partial charge < -0.3 is 11.1 Å². The van der Waals surface area contributed by atoms with Crippen molar-refractivity contribution in [2.24, 2.45) is 5.73 Å². The van der Waals surface area contributed by atoms with Crippen molar-refractivity contribution in [1.29, 1.82) is 0 Å². The van der Waals surface area contributed by atoms with Crippen LogP contribution in [0.25, 0.3) is 0 Å². The molecule has 0 spiro atoms. The number of amides is 1. The molecule has 2 rings (SSSR count). The number of nitrogens with two attached hydrogens (primary N) is 1. The van der Waals surface area contributed by atoms with Crippen LogP contribution in [0.1, 0.15) is 34.3 Å². The van der Waals surface area contributed by atoms with Gasteiger partial charge in [0, 0.05) is 9.75 Å². The third-order valence-corrected chi connectivity index (χ3v) is 4.17. The lowest BCUT2D eigenvalue weighted by Gasteiger charge is -2.16. The van der Waals surface area contributed by atoms with E-state index in [2.05, 4.69) is 18.3 Å². The molecule has 0 aliphatic carbocycles. The van der Waals surface area contributed by atoms with E-state index >= 15 is 0 Å². The van der Waals surface area contributed by atoms with E-state index in [1.54, 1.807) is 11.3 Å². The average molecular weight is 274 g/mol. The van der Waals surface area contributed by atoms with Gasteiger partial charge in [0.2, 0.25) is 5.91 Å². The molecule has 0 bridgehead atoms. The Morgan fingerprint density at radius 1 is 1.21 bits per heavy atom. The van der Waals surface area contributed by atoms with E-state index in [1.165, 1.54) is 4.88 Å². The van der Waals surface area contributed by atoms with Crippen LogP contribution in [0.15, 0.2) is 42.5 Å². The van der Waals surface area contributed by atoms with Gasteiger partial charge in [-0.3, -0.25) is 4.79 Å². The summed E-state index contributed by atoms with van der Waals surface area (Å²) >= 11 is 1.69. The number of carbonyl (C=O) groups excluding carboxylic acids is 1. The summed E-state index contributed by atoms with van der Waals surface area (Å²) in [6, 6.07) is 12.9. The Morgan fingerprint density at radius 2 is 1.89 bits per heavy atom. The minimum atomic E-state index is -0.621. The van der Waals surface area contributed by atoms with E-state index < -0.39 is 6.04 Å². The SMILES string of the molecule is Cc1ccc(C(C)NC(=O)C(N)c2ccccc2)s1. The second-order valence-electron chi connectivity index (χ2n) is 4.57. The van der Waals surface area contributed by atoms with Crippen molar-refractivity contribution in [3.05, 3.63) is 57.8 Å². The molecule has 0 saturated carbocycles. The van der Waals surface area contributed by atoms with Gasteiger partial charge in [-0.2, -0.15) is 0 Å². The lowest BCUT2D eigenvalue weighted by molar-refractivity contribution is -0.123. The quantitative estimate of drug-likeness (QED) is 0.900. The number of rotatable bonds is 4. The summed E-state index contributed by atoms with van der Waals surface area (Å²) in [4.78, 5) is 14.5. The first kappa shape index (κ1) is 13.8. The van der Waals surface area contributed by atoms with E-state index in [0.717, 1.165) is 10.4 Å². The van der Waals surface area contributed by atoms with Crippen LogP contribution in [0, 0.1) is 6.92 Å². The molecule has 0 fully saturated rings. The van der Waals surface area contributed by atoms with Crippen LogP contribution in [0.2, 0.25) is 0 Å². The molecular weight excluding hydrogens is 256 g/mol. The van der Waals surface area contributed by atoms with Gasteiger partial charge in [-0.15, -0.1) is 11.3 Å². The number of thiophene rings is 1. The molecule has 1 amide bonds. The predicted octanol–water partition coefficient (Wildman–Crippen LogP) is 2.93. The van der Waals surface area contributed by atoms with Gasteiger partial charge in [0.1, 0.15) is 6.04 Å². The van der Waals surface area contributed by atoms with Crippen LogP contribution >= 0.6 is 11.3 Å². The molecule has 0 aliphatic heterocycles. The maximum atomic E-state index is 12.1. The van der Waals surface area contributed by atoms with Crippen molar-refractivity contribution in [3.8, 4) is 0 Å². The van der Waals surface area contributed by atoms with Crippen molar-refractivity contribution < 1.29 is 4.79 Å². The maximum absolute atomic E-state index is 12.1. The molecule has 1 heterocycles. The Bertz CT molecular complexity index is 550. The molecule has 19 heavy (non-hydrogen) atoms. The topological polar surface area (TPSA) is 55.1 Å². The fourth-order valence-electron chi connectivity index (χ4n) is 1.87. The zero-order valence-electron chi connectivity index (χ0n) is 11.1. The van der Waals surface area contributed by atoms with Crippen LogP contribution in [0.3, 0.4) is 0 Å². The molecule has 0 radical (unpaired) electrons. The standard InChI is InChI=1S/C15H18N2OS/c1-10-8-9-13(19-10)11(2)17-15(18)14(16)12-6-4-3-5-7-12/h3-9,11,14H,16H2,1-2H3,(H,17,18). The Labute approximate surface area is 117 Å². The first-order valence-electron chi connectivity index (χ1n) is 6.25. The highest BCUT2D eigenvalue weighted by Crippen LogP contribution is 2.23. The van der Waals surface area contributed by atoms with E-state index in [4.69, 9.17) is 5.73 Å². The largest absolute Gasteiger partial charge is 0.347 e. The van der Waals surface area contributed by atoms with Crippen LogP contribution in [-0.2, 0) is 4.79 Å². The summed E-state index contributed by atoms with van der Waals surface area (Å²) in [5.74, 6) is -0.148. The number of benzene rings is 1. The zero-order valence-corrected chi connectivity index (χ0v) is 11.9. The highest BCUT2D eigenvalue weighted by atomic mass is 32.1. The number of carbonyl (C=O) groups is 1. The molecule has 3 N–H and O–H groups in total. The highest BCUT2D eigenvalue weighted by molar-refractivity contribution is 7.12. The first-order chi connectivity index (χ1) is 9.08. The Hall–Kier alpha value is -1.65. The number of aryl methyl sites for hydroxylation is 1. The van der Waals surface area contributed by atoms with E-state index in [1.807, 2.05) is 43.3 Å². The first-order valence-corrected chi connectivity index (χ1v) is 7.07. The summed E-state index contributed by atoms with van der Waals surface area (Å²) in [5.41, 5.74) is 6.79. The van der Waals surface area contributed by atoms with Gasteiger partial charge in [-0.05, 0) is 31.5 Å². The fourth-order valence-corrected chi connectivity index (χ4v) is 2.75. The summed E-state index contributed by atoms with van der Waals surface area (Å²) < 4.78 is 0. The number of hydrogen-bond donors (Lipinski definition) is 2. The third kappa shape index (κ3) is 3.43. The van der Waals surface area contributed by atoms with Crippen molar-refractivity contribution in [1.82, 2.24) is 5.32 Å². The van der Waals surface area contributed by atoms with Crippen LogP contribution in [-0.4, -0.2) is 5.91 Å². The number of hydrogen-bond acceptors (Lipinski definition) is 3. The summed E-state index contributed by atoms with van der Waals surface area (Å²) in [6.45, 7) is 4.03. The van der Waals surface area contributed by atoms with Gasteiger partial charge >= 0.3 is 0 Å². The Balaban J connectivity index is 2.01. The summed E-state index contributed by atoms with van der Waals surface area (Å²) in [5, 5.41) is 2.95. The normalized spacial score (nSPS) is 13.8. The molecule has 0 aliphatic rings. The lowest BCUT2D eigenvalue weighted by Crippen LogP contribution is -2.35. The smallest absolute Gasteiger partial charge is 0.242 e. The average Bonchev–Trinajstić information content (AvgIpc) is 2.85. The number of nitrogens with one attached hydrogen (secondary N) is 1. The van der Waals surface area contributed by atoms with E-state index in [0.29, 0.717) is 0 Å². The van der Waals surface area contributed by atoms with Gasteiger partial charge in [-0.1, -0.05) is 30.3 Å². The maximum Gasteiger partial charge on any atom is 0.242 e. The third-order valence-electron chi connectivity index (χ3n) is 2.99. The molecule has 3 nitrogen and oxygen atoms in total. The van der Waals surface area contributed by atoms with Crippen LogP contribution < -0.4 is 11.1 Å². The van der Waals surface area contributed by atoms with Crippen LogP contribution in [0.5, 0.6) is 0 Å². The predicted molar refractivity (Wildman–Crippen MR) is 79.0 cm³/mol. The second-order valence-corrected chi connectivity index (χ2v) is 5.89. The van der Waals surface area contributed by atoms with E-state index in [9.17, 15) is 4.79 Å². The minimum Gasteiger partial charge on any atom is -0.347 e. The Morgan fingerprint density at radius 3 is 2.47 bits per heavy atom. The van der Waals surface area contributed by atoms with Gasteiger partial charge in [0.25, 0.3) is 0 Å².